The van der Waals surface area contributed by atoms with E-state index in [4.69, 9.17) is 27.7 Å². The lowest BCUT2D eigenvalue weighted by Gasteiger charge is -2.14. The van der Waals surface area contributed by atoms with E-state index in [9.17, 15) is 0 Å². The van der Waals surface area contributed by atoms with Crippen LogP contribution in [0, 0.1) is 0 Å². The summed E-state index contributed by atoms with van der Waals surface area (Å²) in [6.45, 7) is 2.64. The Morgan fingerprint density at radius 2 is 1.83 bits per heavy atom. The molecule has 118 valence electrons. The van der Waals surface area contributed by atoms with E-state index in [0.29, 0.717) is 11.6 Å². The zero-order valence-electron chi connectivity index (χ0n) is 12.6. The summed E-state index contributed by atoms with van der Waals surface area (Å²) >= 11 is 12.1. The van der Waals surface area contributed by atoms with Crippen molar-refractivity contribution < 1.29 is 4.52 Å². The molecule has 1 aromatic heterocycles. The Hall–Kier alpha value is -1.81. The molecular formula is C18H16Cl2N2O. The second kappa shape index (κ2) is 7.18. The van der Waals surface area contributed by atoms with Crippen LogP contribution in [0.25, 0.3) is 11.3 Å². The fourth-order valence-corrected chi connectivity index (χ4v) is 2.77. The SMILES string of the molecule is CC(NCc1cc(-c2ccc(Cl)cc2)no1)c1ccccc1Cl. The highest BCUT2D eigenvalue weighted by Crippen LogP contribution is 2.24. The van der Waals surface area contributed by atoms with Gasteiger partial charge in [0.05, 0.1) is 6.54 Å². The molecule has 0 saturated heterocycles. The van der Waals surface area contributed by atoms with Crippen LogP contribution in [0.5, 0.6) is 0 Å². The molecule has 0 aliphatic rings. The maximum Gasteiger partial charge on any atom is 0.151 e. The Balaban J connectivity index is 1.65. The summed E-state index contributed by atoms with van der Waals surface area (Å²) in [6.07, 6.45) is 0. The molecular weight excluding hydrogens is 331 g/mol. The number of hydrogen-bond donors (Lipinski definition) is 1. The lowest BCUT2D eigenvalue weighted by Crippen LogP contribution is -2.18. The molecule has 0 bridgehead atoms. The third kappa shape index (κ3) is 3.94. The first-order valence-electron chi connectivity index (χ1n) is 7.33. The Morgan fingerprint density at radius 1 is 1.09 bits per heavy atom. The average Bonchev–Trinajstić information content (AvgIpc) is 3.03. The highest BCUT2D eigenvalue weighted by atomic mass is 35.5. The van der Waals surface area contributed by atoms with E-state index in [-0.39, 0.29) is 6.04 Å². The minimum atomic E-state index is 0.118. The number of hydrogen-bond acceptors (Lipinski definition) is 3. The van der Waals surface area contributed by atoms with E-state index in [1.807, 2.05) is 54.6 Å². The van der Waals surface area contributed by atoms with Crippen LogP contribution in [-0.4, -0.2) is 5.16 Å². The zero-order chi connectivity index (χ0) is 16.2. The van der Waals surface area contributed by atoms with Gasteiger partial charge in [-0.05, 0) is 30.7 Å². The molecule has 0 amide bonds. The lowest BCUT2D eigenvalue weighted by atomic mass is 10.1. The normalized spacial score (nSPS) is 12.3. The van der Waals surface area contributed by atoms with E-state index in [2.05, 4.69) is 17.4 Å². The molecule has 0 aliphatic heterocycles. The van der Waals surface area contributed by atoms with Crippen LogP contribution in [-0.2, 0) is 6.54 Å². The van der Waals surface area contributed by atoms with Gasteiger partial charge in [0.2, 0.25) is 0 Å². The zero-order valence-corrected chi connectivity index (χ0v) is 14.1. The lowest BCUT2D eigenvalue weighted by molar-refractivity contribution is 0.368. The third-order valence-corrected chi connectivity index (χ3v) is 4.25. The summed E-state index contributed by atoms with van der Waals surface area (Å²) in [6, 6.07) is 17.4. The Kier molecular flexibility index (Phi) is 5.01. The van der Waals surface area contributed by atoms with Gasteiger partial charge in [-0.3, -0.25) is 0 Å². The standard InChI is InChI=1S/C18H16Cl2N2O/c1-12(16-4-2-3-5-17(16)20)21-11-15-10-18(22-23-15)13-6-8-14(19)9-7-13/h2-10,12,21H,11H2,1H3. The van der Waals surface area contributed by atoms with E-state index in [0.717, 1.165) is 27.6 Å². The van der Waals surface area contributed by atoms with Crippen LogP contribution >= 0.6 is 23.2 Å². The van der Waals surface area contributed by atoms with E-state index < -0.39 is 0 Å². The summed E-state index contributed by atoms with van der Waals surface area (Å²) in [4.78, 5) is 0. The molecule has 1 unspecified atom stereocenters. The van der Waals surface area contributed by atoms with Gasteiger partial charge in [0.25, 0.3) is 0 Å². The molecule has 23 heavy (non-hydrogen) atoms. The first-order chi connectivity index (χ1) is 11.1. The van der Waals surface area contributed by atoms with Gasteiger partial charge in [-0.1, -0.05) is 58.7 Å². The molecule has 0 aliphatic carbocycles. The molecule has 0 saturated carbocycles. The monoisotopic (exact) mass is 346 g/mol. The smallest absolute Gasteiger partial charge is 0.151 e. The van der Waals surface area contributed by atoms with Gasteiger partial charge < -0.3 is 9.84 Å². The second-order valence-electron chi connectivity index (χ2n) is 5.31. The number of benzene rings is 2. The Bertz CT molecular complexity index is 784. The topological polar surface area (TPSA) is 38.1 Å². The summed E-state index contributed by atoms with van der Waals surface area (Å²) in [5.74, 6) is 0.772. The minimum absolute atomic E-state index is 0.118. The molecule has 3 rings (SSSR count). The molecule has 1 heterocycles. The third-order valence-electron chi connectivity index (χ3n) is 3.65. The van der Waals surface area contributed by atoms with Gasteiger partial charge in [-0.25, -0.2) is 0 Å². The molecule has 0 spiro atoms. The first kappa shape index (κ1) is 16.1. The van der Waals surface area contributed by atoms with Gasteiger partial charge in [0, 0.05) is 27.7 Å². The van der Waals surface area contributed by atoms with Crippen molar-refractivity contribution in [2.45, 2.75) is 19.5 Å². The first-order valence-corrected chi connectivity index (χ1v) is 8.08. The summed E-state index contributed by atoms with van der Waals surface area (Å²) < 4.78 is 5.39. The van der Waals surface area contributed by atoms with Crippen molar-refractivity contribution >= 4 is 23.2 Å². The predicted octanol–water partition coefficient (Wildman–Crippen LogP) is 5.50. The highest BCUT2D eigenvalue weighted by molar-refractivity contribution is 6.31. The van der Waals surface area contributed by atoms with Crippen molar-refractivity contribution in [2.24, 2.45) is 0 Å². The van der Waals surface area contributed by atoms with Crippen LogP contribution in [0.15, 0.2) is 59.1 Å². The molecule has 5 heteroatoms. The largest absolute Gasteiger partial charge is 0.359 e. The Labute approximate surface area is 145 Å². The van der Waals surface area contributed by atoms with Gasteiger partial charge in [-0.2, -0.15) is 0 Å². The van der Waals surface area contributed by atoms with Gasteiger partial charge in [0.15, 0.2) is 5.76 Å². The van der Waals surface area contributed by atoms with Crippen molar-refractivity contribution in [3.63, 3.8) is 0 Å². The highest BCUT2D eigenvalue weighted by Gasteiger charge is 2.11. The number of nitrogens with one attached hydrogen (secondary N) is 1. The van der Waals surface area contributed by atoms with Crippen LogP contribution in [0.2, 0.25) is 10.0 Å². The van der Waals surface area contributed by atoms with Gasteiger partial charge in [0.1, 0.15) is 5.69 Å². The Morgan fingerprint density at radius 3 is 2.57 bits per heavy atom. The average molecular weight is 347 g/mol. The van der Waals surface area contributed by atoms with Gasteiger partial charge in [-0.15, -0.1) is 0 Å². The predicted molar refractivity (Wildman–Crippen MR) is 93.7 cm³/mol. The molecule has 0 fully saturated rings. The molecule has 2 aromatic carbocycles. The van der Waals surface area contributed by atoms with Crippen molar-refractivity contribution in [1.29, 1.82) is 0 Å². The van der Waals surface area contributed by atoms with E-state index >= 15 is 0 Å². The van der Waals surface area contributed by atoms with E-state index in [1.165, 1.54) is 0 Å². The number of nitrogens with zero attached hydrogens (tertiary/aromatic N) is 1. The fraction of sp³-hybridized carbons (Fsp3) is 0.167. The van der Waals surface area contributed by atoms with Crippen LogP contribution in [0.4, 0.5) is 0 Å². The number of halogens is 2. The second-order valence-corrected chi connectivity index (χ2v) is 6.15. The maximum atomic E-state index is 6.21. The van der Waals surface area contributed by atoms with Crippen LogP contribution < -0.4 is 5.32 Å². The van der Waals surface area contributed by atoms with Crippen LogP contribution in [0.3, 0.4) is 0 Å². The summed E-state index contributed by atoms with van der Waals surface area (Å²) in [5, 5.41) is 8.95. The molecule has 3 nitrogen and oxygen atoms in total. The van der Waals surface area contributed by atoms with Crippen molar-refractivity contribution in [3.05, 3.63) is 76.0 Å². The van der Waals surface area contributed by atoms with Crippen molar-refractivity contribution in [2.75, 3.05) is 0 Å². The van der Waals surface area contributed by atoms with Crippen molar-refractivity contribution in [1.82, 2.24) is 10.5 Å². The number of aromatic nitrogens is 1. The molecule has 1 atom stereocenters. The maximum absolute atomic E-state index is 6.21. The van der Waals surface area contributed by atoms with Crippen LogP contribution in [0.1, 0.15) is 24.3 Å². The fourth-order valence-electron chi connectivity index (χ4n) is 2.34. The molecule has 1 N–H and O–H groups in total. The van der Waals surface area contributed by atoms with E-state index in [1.54, 1.807) is 0 Å². The minimum Gasteiger partial charge on any atom is -0.359 e. The summed E-state index contributed by atoms with van der Waals surface area (Å²) in [5.41, 5.74) is 2.83. The quantitative estimate of drug-likeness (QED) is 0.662. The summed E-state index contributed by atoms with van der Waals surface area (Å²) in [7, 11) is 0. The number of rotatable bonds is 5. The van der Waals surface area contributed by atoms with Gasteiger partial charge >= 0.3 is 0 Å². The van der Waals surface area contributed by atoms with Crippen molar-refractivity contribution in [3.8, 4) is 11.3 Å². The molecule has 3 aromatic rings. The molecule has 0 radical (unpaired) electrons.